The van der Waals surface area contributed by atoms with Gasteiger partial charge in [0.25, 0.3) is 0 Å². The van der Waals surface area contributed by atoms with Crippen LogP contribution in [0.4, 0.5) is 5.95 Å². The van der Waals surface area contributed by atoms with Gasteiger partial charge in [0.2, 0.25) is 11.9 Å². The molecule has 1 amide bonds. The van der Waals surface area contributed by atoms with Gasteiger partial charge in [0, 0.05) is 25.6 Å². The predicted molar refractivity (Wildman–Crippen MR) is 143 cm³/mol. The van der Waals surface area contributed by atoms with Gasteiger partial charge in [-0.1, -0.05) is 65.7 Å². The number of piperidine rings is 1. The lowest BCUT2D eigenvalue weighted by molar-refractivity contribution is -0.125. The molecule has 4 aromatic rings. The molecular formula is C30H34N4O. The van der Waals surface area contributed by atoms with Gasteiger partial charge in [-0.15, -0.1) is 0 Å². The molecule has 1 saturated heterocycles. The molecule has 35 heavy (non-hydrogen) atoms. The van der Waals surface area contributed by atoms with E-state index in [0.717, 1.165) is 55.0 Å². The first kappa shape index (κ1) is 23.2. The van der Waals surface area contributed by atoms with E-state index < -0.39 is 0 Å². The summed E-state index contributed by atoms with van der Waals surface area (Å²) in [6.45, 7) is 9.44. The Labute approximate surface area is 207 Å². The van der Waals surface area contributed by atoms with Crippen LogP contribution in [0.1, 0.15) is 40.7 Å². The zero-order valence-corrected chi connectivity index (χ0v) is 20.9. The van der Waals surface area contributed by atoms with Crippen molar-refractivity contribution in [3.63, 3.8) is 0 Å². The number of imidazole rings is 1. The third kappa shape index (κ3) is 5.09. The number of hydrogen-bond donors (Lipinski definition) is 1. The van der Waals surface area contributed by atoms with Crippen molar-refractivity contribution in [3.8, 4) is 0 Å². The second-order valence-electron chi connectivity index (χ2n) is 9.88. The summed E-state index contributed by atoms with van der Waals surface area (Å²) in [7, 11) is 0. The SMILES string of the molecule is Cc1ccc(CNC(=O)C2CCN(c3nc4ccccc4n3Cc3cc(C)ccc3C)CC2)cc1. The van der Waals surface area contributed by atoms with Gasteiger partial charge >= 0.3 is 0 Å². The predicted octanol–water partition coefficient (Wildman–Crippen LogP) is 5.54. The van der Waals surface area contributed by atoms with E-state index in [0.29, 0.717) is 6.54 Å². The van der Waals surface area contributed by atoms with E-state index in [1.807, 2.05) is 6.07 Å². The van der Waals surface area contributed by atoms with Crippen LogP contribution in [0.3, 0.4) is 0 Å². The highest BCUT2D eigenvalue weighted by Gasteiger charge is 2.27. The number of hydrogen-bond acceptors (Lipinski definition) is 3. The standard InChI is InChI=1S/C30H34N4O/c1-21-9-12-24(13-10-21)19-31-29(35)25-14-16-33(17-15-25)30-32-27-6-4-5-7-28(27)34(30)20-26-18-22(2)8-11-23(26)3/h4-13,18,25H,14-17,19-20H2,1-3H3,(H,31,35). The molecule has 5 rings (SSSR count). The monoisotopic (exact) mass is 466 g/mol. The van der Waals surface area contributed by atoms with Crippen LogP contribution < -0.4 is 10.2 Å². The number of carbonyl (C=O) groups excluding carboxylic acids is 1. The average molecular weight is 467 g/mol. The largest absolute Gasteiger partial charge is 0.352 e. The van der Waals surface area contributed by atoms with Gasteiger partial charge in [0.1, 0.15) is 0 Å². The van der Waals surface area contributed by atoms with E-state index in [2.05, 4.69) is 96.2 Å². The summed E-state index contributed by atoms with van der Waals surface area (Å²) in [6.07, 6.45) is 1.68. The lowest BCUT2D eigenvalue weighted by Gasteiger charge is -2.32. The number of nitrogens with one attached hydrogen (secondary N) is 1. The summed E-state index contributed by atoms with van der Waals surface area (Å²) in [4.78, 5) is 20.2. The highest BCUT2D eigenvalue weighted by Crippen LogP contribution is 2.28. The molecule has 1 aromatic heterocycles. The number of nitrogens with zero attached hydrogens (tertiary/aromatic N) is 3. The lowest BCUT2D eigenvalue weighted by atomic mass is 9.96. The molecule has 180 valence electrons. The molecule has 1 aliphatic rings. The Bertz CT molecular complexity index is 1330. The van der Waals surface area contributed by atoms with Crippen LogP contribution in [0.25, 0.3) is 11.0 Å². The highest BCUT2D eigenvalue weighted by atomic mass is 16.1. The van der Waals surface area contributed by atoms with Crippen LogP contribution in [0, 0.1) is 26.7 Å². The number of benzene rings is 3. The zero-order chi connectivity index (χ0) is 24.4. The zero-order valence-electron chi connectivity index (χ0n) is 20.9. The van der Waals surface area contributed by atoms with Crippen molar-refractivity contribution in [2.45, 2.75) is 46.7 Å². The van der Waals surface area contributed by atoms with Crippen LogP contribution in [-0.2, 0) is 17.9 Å². The van der Waals surface area contributed by atoms with Gasteiger partial charge in [-0.3, -0.25) is 4.79 Å². The van der Waals surface area contributed by atoms with E-state index in [4.69, 9.17) is 4.98 Å². The molecule has 0 radical (unpaired) electrons. The van der Waals surface area contributed by atoms with Crippen LogP contribution in [0.2, 0.25) is 0 Å². The molecule has 1 N–H and O–H groups in total. The van der Waals surface area contributed by atoms with Crippen molar-refractivity contribution in [2.24, 2.45) is 5.92 Å². The van der Waals surface area contributed by atoms with Crippen LogP contribution in [-0.4, -0.2) is 28.5 Å². The van der Waals surface area contributed by atoms with Gasteiger partial charge < -0.3 is 14.8 Å². The number of aromatic nitrogens is 2. The molecule has 5 heteroatoms. The minimum Gasteiger partial charge on any atom is -0.352 e. The third-order valence-corrected chi connectivity index (χ3v) is 7.20. The highest BCUT2D eigenvalue weighted by molar-refractivity contribution is 5.80. The molecule has 0 atom stereocenters. The van der Waals surface area contributed by atoms with Gasteiger partial charge in [-0.2, -0.15) is 0 Å². The summed E-state index contributed by atoms with van der Waals surface area (Å²) < 4.78 is 2.34. The Kier molecular flexibility index (Phi) is 6.58. The fourth-order valence-corrected chi connectivity index (χ4v) is 4.98. The second kappa shape index (κ2) is 9.95. The lowest BCUT2D eigenvalue weighted by Crippen LogP contribution is -2.41. The maximum atomic E-state index is 12.8. The Morgan fingerprint density at radius 2 is 1.66 bits per heavy atom. The molecule has 1 aliphatic heterocycles. The van der Waals surface area contributed by atoms with E-state index >= 15 is 0 Å². The number of para-hydroxylation sites is 2. The first-order valence-corrected chi connectivity index (χ1v) is 12.6. The van der Waals surface area contributed by atoms with Crippen molar-refractivity contribution in [3.05, 3.63) is 94.5 Å². The number of rotatable bonds is 6. The molecule has 3 aromatic carbocycles. The number of carbonyl (C=O) groups is 1. The van der Waals surface area contributed by atoms with Crippen molar-refractivity contribution in [1.29, 1.82) is 0 Å². The summed E-state index contributed by atoms with van der Waals surface area (Å²) in [5.41, 5.74) is 8.43. The molecule has 5 nitrogen and oxygen atoms in total. The minimum absolute atomic E-state index is 0.0496. The Hall–Kier alpha value is -3.60. The summed E-state index contributed by atoms with van der Waals surface area (Å²) in [5.74, 6) is 1.22. The molecule has 0 bridgehead atoms. The van der Waals surface area contributed by atoms with Crippen molar-refractivity contribution >= 4 is 22.9 Å². The van der Waals surface area contributed by atoms with Gasteiger partial charge in [-0.05, 0) is 62.4 Å². The van der Waals surface area contributed by atoms with Gasteiger partial charge in [0.15, 0.2) is 0 Å². The second-order valence-corrected chi connectivity index (χ2v) is 9.88. The molecule has 0 spiro atoms. The van der Waals surface area contributed by atoms with Crippen LogP contribution >= 0.6 is 0 Å². The quantitative estimate of drug-likeness (QED) is 0.406. The molecular weight excluding hydrogens is 432 g/mol. The number of fused-ring (bicyclic) bond motifs is 1. The Balaban J connectivity index is 1.30. The third-order valence-electron chi connectivity index (χ3n) is 7.20. The summed E-state index contributed by atoms with van der Waals surface area (Å²) in [6, 6.07) is 23.4. The molecule has 0 aliphatic carbocycles. The average Bonchev–Trinajstić information content (AvgIpc) is 3.24. The Morgan fingerprint density at radius 3 is 2.43 bits per heavy atom. The summed E-state index contributed by atoms with van der Waals surface area (Å²) in [5, 5.41) is 3.14. The van der Waals surface area contributed by atoms with Gasteiger partial charge in [0.05, 0.1) is 17.6 Å². The van der Waals surface area contributed by atoms with Crippen molar-refractivity contribution in [1.82, 2.24) is 14.9 Å². The van der Waals surface area contributed by atoms with Crippen molar-refractivity contribution in [2.75, 3.05) is 18.0 Å². The molecule has 0 unspecified atom stereocenters. The van der Waals surface area contributed by atoms with Crippen LogP contribution in [0.15, 0.2) is 66.7 Å². The van der Waals surface area contributed by atoms with E-state index in [-0.39, 0.29) is 11.8 Å². The molecule has 2 heterocycles. The maximum Gasteiger partial charge on any atom is 0.223 e. The Morgan fingerprint density at radius 1 is 0.943 bits per heavy atom. The van der Waals surface area contributed by atoms with E-state index in [1.165, 1.54) is 22.3 Å². The van der Waals surface area contributed by atoms with E-state index in [1.54, 1.807) is 0 Å². The fourth-order valence-electron chi connectivity index (χ4n) is 4.98. The smallest absolute Gasteiger partial charge is 0.223 e. The van der Waals surface area contributed by atoms with Gasteiger partial charge in [-0.25, -0.2) is 4.98 Å². The topological polar surface area (TPSA) is 50.2 Å². The number of aryl methyl sites for hydroxylation is 3. The molecule has 0 saturated carbocycles. The number of anilines is 1. The first-order valence-electron chi connectivity index (χ1n) is 12.6. The minimum atomic E-state index is 0.0496. The fraction of sp³-hybridized carbons (Fsp3) is 0.333. The van der Waals surface area contributed by atoms with E-state index in [9.17, 15) is 4.79 Å². The molecule has 1 fully saturated rings. The first-order chi connectivity index (χ1) is 17.0. The normalized spacial score (nSPS) is 14.4. The van der Waals surface area contributed by atoms with Crippen LogP contribution in [0.5, 0.6) is 0 Å². The number of amides is 1. The summed E-state index contributed by atoms with van der Waals surface area (Å²) >= 11 is 0. The maximum absolute atomic E-state index is 12.8. The van der Waals surface area contributed by atoms with Crippen molar-refractivity contribution < 1.29 is 4.79 Å².